The maximum atomic E-state index is 12.8. The highest BCUT2D eigenvalue weighted by Gasteiger charge is 2.26. The normalized spacial score (nSPS) is 15.0. The summed E-state index contributed by atoms with van der Waals surface area (Å²) in [7, 11) is 0. The molecule has 0 radical (unpaired) electrons. The van der Waals surface area contributed by atoms with Gasteiger partial charge in [-0.05, 0) is 29.9 Å². The zero-order chi connectivity index (χ0) is 21.3. The summed E-state index contributed by atoms with van der Waals surface area (Å²) in [4.78, 5) is 41.4. The van der Waals surface area contributed by atoms with E-state index in [2.05, 4.69) is 17.4 Å². The van der Waals surface area contributed by atoms with Crippen molar-refractivity contribution in [3.8, 4) is 0 Å². The molecule has 1 aliphatic rings. The third-order valence-corrected chi connectivity index (χ3v) is 6.31. The Kier molecular flexibility index (Phi) is 8.02. The second-order valence-electron chi connectivity index (χ2n) is 7.57. The number of carbonyl (C=O) groups is 3. The van der Waals surface area contributed by atoms with Crippen LogP contribution in [0.4, 0.5) is 0 Å². The van der Waals surface area contributed by atoms with E-state index in [1.807, 2.05) is 40.6 Å². The molecular formula is C23H29N3O3S. The summed E-state index contributed by atoms with van der Waals surface area (Å²) in [5.74, 6) is 0.0261. The number of benzene rings is 1. The fourth-order valence-corrected chi connectivity index (χ4v) is 4.49. The van der Waals surface area contributed by atoms with Gasteiger partial charge in [-0.2, -0.15) is 0 Å². The van der Waals surface area contributed by atoms with Crippen LogP contribution in [-0.4, -0.2) is 53.7 Å². The predicted molar refractivity (Wildman–Crippen MR) is 118 cm³/mol. The molecule has 1 aliphatic heterocycles. The molecule has 7 heteroatoms. The molecule has 2 heterocycles. The Labute approximate surface area is 181 Å². The molecule has 0 aliphatic carbocycles. The molecule has 3 rings (SSSR count). The van der Waals surface area contributed by atoms with E-state index in [0.29, 0.717) is 32.6 Å². The molecule has 1 fully saturated rings. The first-order valence-electron chi connectivity index (χ1n) is 10.4. The fraction of sp³-hybridized carbons (Fsp3) is 0.435. The summed E-state index contributed by atoms with van der Waals surface area (Å²) >= 11 is 1.53. The monoisotopic (exact) mass is 427 g/mol. The SMILES string of the molecule is CC(=O)NC(CC(=O)N1CCN(C(=O)CCCc2ccccc2)CC1)c1cccs1. The average Bonchev–Trinajstić information content (AvgIpc) is 3.28. The van der Waals surface area contributed by atoms with Crippen LogP contribution in [0.1, 0.15) is 42.7 Å². The quantitative estimate of drug-likeness (QED) is 0.704. The van der Waals surface area contributed by atoms with Crippen molar-refractivity contribution in [3.63, 3.8) is 0 Å². The first kappa shape index (κ1) is 22.0. The summed E-state index contributed by atoms with van der Waals surface area (Å²) < 4.78 is 0. The third kappa shape index (κ3) is 6.42. The highest BCUT2D eigenvalue weighted by atomic mass is 32.1. The maximum Gasteiger partial charge on any atom is 0.225 e. The van der Waals surface area contributed by atoms with Gasteiger partial charge in [0, 0.05) is 44.4 Å². The van der Waals surface area contributed by atoms with Crippen molar-refractivity contribution in [3.05, 3.63) is 58.3 Å². The number of carbonyl (C=O) groups excluding carboxylic acids is 3. The van der Waals surface area contributed by atoms with E-state index < -0.39 is 0 Å². The van der Waals surface area contributed by atoms with E-state index in [1.165, 1.54) is 23.8 Å². The average molecular weight is 428 g/mol. The van der Waals surface area contributed by atoms with E-state index in [-0.39, 0.29) is 30.2 Å². The summed E-state index contributed by atoms with van der Waals surface area (Å²) in [5, 5.41) is 4.82. The zero-order valence-corrected chi connectivity index (χ0v) is 18.2. The molecule has 0 bridgehead atoms. The molecule has 0 saturated carbocycles. The standard InChI is InChI=1S/C23H29N3O3S/c1-18(27)24-20(21-10-6-16-30-21)17-23(29)26-14-12-25(13-15-26)22(28)11-5-9-19-7-3-2-4-8-19/h2-4,6-8,10,16,20H,5,9,11-15,17H2,1H3,(H,24,27). The molecule has 2 aromatic rings. The van der Waals surface area contributed by atoms with Crippen molar-refractivity contribution in [2.45, 2.75) is 38.6 Å². The molecule has 3 amide bonds. The first-order chi connectivity index (χ1) is 14.5. The summed E-state index contributed by atoms with van der Waals surface area (Å²) in [6, 6.07) is 13.7. The lowest BCUT2D eigenvalue weighted by atomic mass is 10.1. The van der Waals surface area contributed by atoms with Crippen molar-refractivity contribution in [1.29, 1.82) is 0 Å². The minimum absolute atomic E-state index is 0.0123. The molecule has 1 unspecified atom stereocenters. The third-order valence-electron chi connectivity index (χ3n) is 5.33. The van der Waals surface area contributed by atoms with E-state index in [9.17, 15) is 14.4 Å². The lowest BCUT2D eigenvalue weighted by molar-refractivity contribution is -0.140. The van der Waals surface area contributed by atoms with Gasteiger partial charge >= 0.3 is 0 Å². The van der Waals surface area contributed by atoms with Crippen molar-refractivity contribution in [2.75, 3.05) is 26.2 Å². The zero-order valence-electron chi connectivity index (χ0n) is 17.4. The van der Waals surface area contributed by atoms with Crippen LogP contribution in [0.25, 0.3) is 0 Å². The number of nitrogens with zero attached hydrogens (tertiary/aromatic N) is 2. The van der Waals surface area contributed by atoms with Gasteiger partial charge in [0.05, 0.1) is 12.5 Å². The summed E-state index contributed by atoms with van der Waals surface area (Å²) in [6.45, 7) is 3.69. The van der Waals surface area contributed by atoms with Gasteiger partial charge in [0.2, 0.25) is 17.7 Å². The Morgan fingerprint density at radius 1 is 0.967 bits per heavy atom. The minimum Gasteiger partial charge on any atom is -0.348 e. The van der Waals surface area contributed by atoms with Crippen LogP contribution in [0, 0.1) is 0 Å². The molecule has 1 saturated heterocycles. The Hall–Kier alpha value is -2.67. The lowest BCUT2D eigenvalue weighted by Gasteiger charge is -2.35. The summed E-state index contributed by atoms with van der Waals surface area (Å²) in [6.07, 6.45) is 2.51. The molecule has 30 heavy (non-hydrogen) atoms. The van der Waals surface area contributed by atoms with Crippen molar-refractivity contribution < 1.29 is 14.4 Å². The lowest BCUT2D eigenvalue weighted by Crippen LogP contribution is -2.51. The maximum absolute atomic E-state index is 12.8. The number of thiophene rings is 1. The molecule has 0 spiro atoms. The first-order valence-corrected chi connectivity index (χ1v) is 11.3. The van der Waals surface area contributed by atoms with Gasteiger partial charge in [-0.3, -0.25) is 14.4 Å². The number of amides is 3. The number of rotatable bonds is 8. The number of hydrogen-bond acceptors (Lipinski definition) is 4. The van der Waals surface area contributed by atoms with Crippen LogP contribution < -0.4 is 5.32 Å². The molecule has 6 nitrogen and oxygen atoms in total. The van der Waals surface area contributed by atoms with Gasteiger partial charge in [-0.15, -0.1) is 11.3 Å². The van der Waals surface area contributed by atoms with Gasteiger partial charge in [-0.25, -0.2) is 0 Å². The van der Waals surface area contributed by atoms with Crippen LogP contribution in [0.3, 0.4) is 0 Å². The van der Waals surface area contributed by atoms with E-state index in [1.54, 1.807) is 4.90 Å². The number of piperazine rings is 1. The van der Waals surface area contributed by atoms with E-state index >= 15 is 0 Å². The number of nitrogens with one attached hydrogen (secondary N) is 1. The number of aryl methyl sites for hydroxylation is 1. The van der Waals surface area contributed by atoms with E-state index in [0.717, 1.165) is 17.7 Å². The largest absolute Gasteiger partial charge is 0.348 e. The smallest absolute Gasteiger partial charge is 0.225 e. The van der Waals surface area contributed by atoms with Crippen LogP contribution >= 0.6 is 11.3 Å². The fourth-order valence-electron chi connectivity index (χ4n) is 3.71. The van der Waals surface area contributed by atoms with Gasteiger partial charge in [0.1, 0.15) is 0 Å². The van der Waals surface area contributed by atoms with Crippen LogP contribution in [0.15, 0.2) is 47.8 Å². The highest BCUT2D eigenvalue weighted by molar-refractivity contribution is 7.10. The molecule has 1 aromatic heterocycles. The molecule has 1 N–H and O–H groups in total. The van der Waals surface area contributed by atoms with Gasteiger partial charge < -0.3 is 15.1 Å². The summed E-state index contributed by atoms with van der Waals surface area (Å²) in [5.41, 5.74) is 1.25. The molecular weight excluding hydrogens is 398 g/mol. The number of hydrogen-bond donors (Lipinski definition) is 1. The van der Waals surface area contributed by atoms with Gasteiger partial charge in [-0.1, -0.05) is 36.4 Å². The van der Waals surface area contributed by atoms with E-state index in [4.69, 9.17) is 0 Å². The highest BCUT2D eigenvalue weighted by Crippen LogP contribution is 2.23. The second-order valence-corrected chi connectivity index (χ2v) is 8.55. The Balaban J connectivity index is 1.43. The Bertz CT molecular complexity index is 831. The van der Waals surface area contributed by atoms with Gasteiger partial charge in [0.25, 0.3) is 0 Å². The molecule has 1 atom stereocenters. The van der Waals surface area contributed by atoms with Crippen LogP contribution in [0.5, 0.6) is 0 Å². The second kappa shape index (κ2) is 10.9. The molecule has 160 valence electrons. The van der Waals surface area contributed by atoms with Crippen molar-refractivity contribution in [2.24, 2.45) is 0 Å². The topological polar surface area (TPSA) is 69.7 Å². The van der Waals surface area contributed by atoms with Crippen LogP contribution in [-0.2, 0) is 20.8 Å². The van der Waals surface area contributed by atoms with Gasteiger partial charge in [0.15, 0.2) is 0 Å². The Morgan fingerprint density at radius 3 is 2.23 bits per heavy atom. The predicted octanol–water partition coefficient (Wildman–Crippen LogP) is 3.01. The minimum atomic E-state index is -0.298. The van der Waals surface area contributed by atoms with Crippen molar-refractivity contribution in [1.82, 2.24) is 15.1 Å². The molecule has 1 aromatic carbocycles. The Morgan fingerprint density at radius 2 is 1.63 bits per heavy atom. The van der Waals surface area contributed by atoms with Crippen molar-refractivity contribution >= 4 is 29.1 Å². The van der Waals surface area contributed by atoms with Crippen LogP contribution in [0.2, 0.25) is 0 Å².